The van der Waals surface area contributed by atoms with Crippen LogP contribution in [0.4, 0.5) is 0 Å². The number of oxazole rings is 1. The number of nitrogens with zero attached hydrogens (tertiary/aromatic N) is 2. The Kier molecular flexibility index (Phi) is 5.93. The lowest BCUT2D eigenvalue weighted by Crippen LogP contribution is -1.93. The fourth-order valence-corrected chi connectivity index (χ4v) is 9.71. The van der Waals surface area contributed by atoms with Crippen molar-refractivity contribution in [1.29, 1.82) is 0 Å². The van der Waals surface area contributed by atoms with E-state index < -0.39 is 0 Å². The van der Waals surface area contributed by atoms with Crippen molar-refractivity contribution in [3.63, 3.8) is 0 Å². The SMILES string of the molecule is c1ccc2cc3c(cc2c1)c1ccccc1n3-c1ccc(-c2nc3c(-c4cc5ccccc5c5ccccc45)cc4sc5ccccc5c4c3o2)cc1. The van der Waals surface area contributed by atoms with E-state index in [4.69, 9.17) is 9.40 Å². The third kappa shape index (κ3) is 4.18. The Hall–Kier alpha value is -6.75. The molecule has 0 radical (unpaired) electrons. The normalized spacial score (nSPS) is 12.2. The van der Waals surface area contributed by atoms with E-state index in [9.17, 15) is 0 Å². The van der Waals surface area contributed by atoms with Crippen LogP contribution in [0.5, 0.6) is 0 Å². The zero-order valence-electron chi connectivity index (χ0n) is 28.4. The smallest absolute Gasteiger partial charge is 0.227 e. The average molecular weight is 693 g/mol. The Balaban J connectivity index is 1.08. The van der Waals surface area contributed by atoms with Gasteiger partial charge in [0.1, 0.15) is 5.52 Å². The van der Waals surface area contributed by atoms with Crippen molar-refractivity contribution in [3.8, 4) is 28.3 Å². The molecule has 9 aromatic carbocycles. The summed E-state index contributed by atoms with van der Waals surface area (Å²) in [6.45, 7) is 0. The maximum atomic E-state index is 6.90. The highest BCUT2D eigenvalue weighted by atomic mass is 32.1. The molecule has 0 atom stereocenters. The molecule has 0 bridgehead atoms. The minimum absolute atomic E-state index is 0.619. The summed E-state index contributed by atoms with van der Waals surface area (Å²) in [6, 6.07) is 61.2. The zero-order valence-corrected chi connectivity index (χ0v) is 29.2. The van der Waals surface area contributed by atoms with Crippen LogP contribution in [0.25, 0.3) is 114 Å². The Morgan fingerprint density at radius 3 is 1.94 bits per heavy atom. The van der Waals surface area contributed by atoms with Crippen LogP contribution in [0.3, 0.4) is 0 Å². The van der Waals surface area contributed by atoms with Crippen molar-refractivity contribution >= 4 is 96.7 Å². The van der Waals surface area contributed by atoms with Crippen molar-refractivity contribution in [2.24, 2.45) is 0 Å². The van der Waals surface area contributed by atoms with Gasteiger partial charge in [0, 0.05) is 47.8 Å². The molecule has 0 amide bonds. The molecule has 0 saturated carbocycles. The van der Waals surface area contributed by atoms with Gasteiger partial charge in [-0.15, -0.1) is 11.3 Å². The topological polar surface area (TPSA) is 31.0 Å². The predicted molar refractivity (Wildman–Crippen MR) is 225 cm³/mol. The summed E-state index contributed by atoms with van der Waals surface area (Å²) in [4.78, 5) is 5.34. The van der Waals surface area contributed by atoms with Gasteiger partial charge >= 0.3 is 0 Å². The fourth-order valence-electron chi connectivity index (χ4n) is 8.56. The number of thiophene rings is 1. The van der Waals surface area contributed by atoms with Crippen molar-refractivity contribution < 1.29 is 4.42 Å². The number of hydrogen-bond acceptors (Lipinski definition) is 3. The second-order valence-electron chi connectivity index (χ2n) is 13.9. The monoisotopic (exact) mass is 692 g/mol. The van der Waals surface area contributed by atoms with Crippen LogP contribution in [0, 0.1) is 0 Å². The first-order chi connectivity index (χ1) is 26.3. The van der Waals surface area contributed by atoms with Gasteiger partial charge < -0.3 is 8.98 Å². The lowest BCUT2D eigenvalue weighted by molar-refractivity contribution is 0.623. The second-order valence-corrected chi connectivity index (χ2v) is 15.0. The highest BCUT2D eigenvalue weighted by molar-refractivity contribution is 7.26. The summed E-state index contributed by atoms with van der Waals surface area (Å²) in [5, 5.41) is 12.2. The van der Waals surface area contributed by atoms with Gasteiger partial charge in [-0.3, -0.25) is 0 Å². The molecule has 0 spiro atoms. The summed E-state index contributed by atoms with van der Waals surface area (Å²) in [5.74, 6) is 0.619. The van der Waals surface area contributed by atoms with Gasteiger partial charge in [-0.25, -0.2) is 4.98 Å². The first-order valence-corrected chi connectivity index (χ1v) is 18.8. The van der Waals surface area contributed by atoms with Crippen LogP contribution in [-0.4, -0.2) is 9.55 Å². The van der Waals surface area contributed by atoms with Crippen LogP contribution < -0.4 is 0 Å². The number of fused-ring (bicyclic) bond motifs is 12. The van der Waals surface area contributed by atoms with Crippen LogP contribution >= 0.6 is 11.3 Å². The minimum Gasteiger partial charge on any atom is -0.435 e. The molecule has 0 N–H and O–H groups in total. The predicted octanol–water partition coefficient (Wildman–Crippen LogP) is 14.1. The summed E-state index contributed by atoms with van der Waals surface area (Å²) >= 11 is 1.81. The first kappa shape index (κ1) is 28.9. The van der Waals surface area contributed by atoms with E-state index in [-0.39, 0.29) is 0 Å². The van der Waals surface area contributed by atoms with Crippen LogP contribution in [0.15, 0.2) is 174 Å². The number of para-hydroxylation sites is 1. The standard InChI is InChI=1S/C49H28N2OS/c1-2-12-31-27-43-40(25-30(31)11-1)37-17-7-9-19-42(37)51(43)33-23-21-29(22-24-33)49-50-47-41(28-45-46(48(47)52-49)38-18-8-10-20-44(38)53-45)39-26-32-13-3-4-14-34(32)35-15-5-6-16-36(35)39/h1-28H. The van der Waals surface area contributed by atoms with Gasteiger partial charge in [-0.1, -0.05) is 109 Å². The summed E-state index contributed by atoms with van der Waals surface area (Å²) in [7, 11) is 0. The van der Waals surface area contributed by atoms with Crippen molar-refractivity contribution in [3.05, 3.63) is 170 Å². The lowest BCUT2D eigenvalue weighted by atomic mass is 9.92. The van der Waals surface area contributed by atoms with E-state index in [1.165, 1.54) is 68.9 Å². The molecule has 0 unspecified atom stereocenters. The molecule has 0 aliphatic rings. The van der Waals surface area contributed by atoms with E-state index in [2.05, 4.69) is 174 Å². The van der Waals surface area contributed by atoms with Gasteiger partial charge in [0.15, 0.2) is 5.58 Å². The molecule has 3 heterocycles. The molecule has 4 heteroatoms. The molecule has 53 heavy (non-hydrogen) atoms. The van der Waals surface area contributed by atoms with E-state index in [1.807, 2.05) is 11.3 Å². The molecular weight excluding hydrogens is 665 g/mol. The van der Waals surface area contributed by atoms with E-state index >= 15 is 0 Å². The molecule has 3 nitrogen and oxygen atoms in total. The van der Waals surface area contributed by atoms with Gasteiger partial charge in [-0.05, 0) is 98.5 Å². The molecular formula is C49H28N2OS. The van der Waals surface area contributed by atoms with Crippen LogP contribution in [0.1, 0.15) is 0 Å². The quantitative estimate of drug-likeness (QED) is 0.173. The van der Waals surface area contributed by atoms with Crippen molar-refractivity contribution in [2.75, 3.05) is 0 Å². The van der Waals surface area contributed by atoms with Gasteiger partial charge in [-0.2, -0.15) is 0 Å². The zero-order chi connectivity index (χ0) is 34.6. The Morgan fingerprint density at radius 1 is 0.453 bits per heavy atom. The third-order valence-corrected chi connectivity index (χ3v) is 12.1. The first-order valence-electron chi connectivity index (χ1n) is 18.0. The summed E-state index contributed by atoms with van der Waals surface area (Å²) in [6.07, 6.45) is 0. The number of rotatable bonds is 3. The molecule has 0 fully saturated rings. The number of hydrogen-bond donors (Lipinski definition) is 0. The molecule has 12 aromatic rings. The Morgan fingerprint density at radius 2 is 1.11 bits per heavy atom. The maximum Gasteiger partial charge on any atom is 0.227 e. The lowest BCUT2D eigenvalue weighted by Gasteiger charge is -2.11. The third-order valence-electron chi connectivity index (χ3n) is 11.0. The summed E-state index contributed by atoms with van der Waals surface area (Å²) < 4.78 is 11.7. The minimum atomic E-state index is 0.619. The van der Waals surface area contributed by atoms with E-state index in [0.29, 0.717) is 5.89 Å². The largest absolute Gasteiger partial charge is 0.435 e. The fraction of sp³-hybridized carbons (Fsp3) is 0. The van der Waals surface area contributed by atoms with Gasteiger partial charge in [0.05, 0.1) is 11.0 Å². The van der Waals surface area contributed by atoms with Gasteiger partial charge in [0.2, 0.25) is 5.89 Å². The molecule has 0 aliphatic carbocycles. The van der Waals surface area contributed by atoms with E-state index in [1.54, 1.807) is 0 Å². The number of benzene rings is 9. The van der Waals surface area contributed by atoms with Crippen LogP contribution in [0.2, 0.25) is 0 Å². The van der Waals surface area contributed by atoms with Gasteiger partial charge in [0.25, 0.3) is 0 Å². The highest BCUT2D eigenvalue weighted by Gasteiger charge is 2.22. The molecule has 246 valence electrons. The number of aromatic nitrogens is 2. The maximum absolute atomic E-state index is 6.90. The Labute approximate surface area is 307 Å². The van der Waals surface area contributed by atoms with Crippen molar-refractivity contribution in [2.45, 2.75) is 0 Å². The average Bonchev–Trinajstić information content (AvgIpc) is 3.91. The van der Waals surface area contributed by atoms with Crippen LogP contribution in [-0.2, 0) is 0 Å². The van der Waals surface area contributed by atoms with E-state index in [0.717, 1.165) is 38.9 Å². The second kappa shape index (κ2) is 10.9. The summed E-state index contributed by atoms with van der Waals surface area (Å²) in [5.41, 5.74) is 8.39. The molecule has 0 aliphatic heterocycles. The molecule has 0 saturated heterocycles. The highest BCUT2D eigenvalue weighted by Crippen LogP contribution is 2.46. The van der Waals surface area contributed by atoms with Crippen molar-refractivity contribution in [1.82, 2.24) is 9.55 Å². The Bertz CT molecular complexity index is 3460. The molecule has 12 rings (SSSR count). The molecule has 3 aromatic heterocycles.